The summed E-state index contributed by atoms with van der Waals surface area (Å²) >= 11 is 0. The van der Waals surface area contributed by atoms with E-state index in [0.29, 0.717) is 19.6 Å². The SMILES string of the molecule is CCCC(CNC(=O)OCC1c2ccccc2-c2ccccc21)C(=O)N1CCOC(CC(=O)O)C1. The molecule has 0 radical (unpaired) electrons. The van der Waals surface area contributed by atoms with Crippen molar-refractivity contribution in [1.82, 2.24) is 10.2 Å². The van der Waals surface area contributed by atoms with Crippen molar-refractivity contribution in [3.63, 3.8) is 0 Å². The molecule has 0 spiro atoms. The zero-order valence-electron chi connectivity index (χ0n) is 19.9. The predicted octanol–water partition coefficient (Wildman–Crippen LogP) is 3.64. The first-order chi connectivity index (χ1) is 17.0. The molecule has 1 heterocycles. The van der Waals surface area contributed by atoms with Crippen molar-refractivity contribution in [2.24, 2.45) is 5.92 Å². The lowest BCUT2D eigenvalue weighted by Gasteiger charge is -2.34. The molecule has 2 aromatic rings. The molecule has 186 valence electrons. The number of carboxylic acid groups (broad SMARTS) is 1. The minimum absolute atomic E-state index is 0.0271. The number of nitrogens with zero attached hydrogens (tertiary/aromatic N) is 1. The topological polar surface area (TPSA) is 105 Å². The van der Waals surface area contributed by atoms with E-state index >= 15 is 0 Å². The summed E-state index contributed by atoms with van der Waals surface area (Å²) in [6, 6.07) is 16.3. The van der Waals surface area contributed by atoms with Crippen LogP contribution in [0.15, 0.2) is 48.5 Å². The van der Waals surface area contributed by atoms with Crippen LogP contribution in [0, 0.1) is 5.92 Å². The Morgan fingerprint density at radius 2 is 1.77 bits per heavy atom. The van der Waals surface area contributed by atoms with E-state index in [2.05, 4.69) is 29.6 Å². The average Bonchev–Trinajstić information content (AvgIpc) is 3.18. The van der Waals surface area contributed by atoms with E-state index in [9.17, 15) is 14.4 Å². The highest BCUT2D eigenvalue weighted by molar-refractivity contribution is 5.81. The van der Waals surface area contributed by atoms with Crippen molar-refractivity contribution < 1.29 is 29.0 Å². The maximum atomic E-state index is 13.1. The van der Waals surface area contributed by atoms with Gasteiger partial charge in [0.1, 0.15) is 6.61 Å². The molecule has 0 aromatic heterocycles. The van der Waals surface area contributed by atoms with Gasteiger partial charge in [0, 0.05) is 25.6 Å². The van der Waals surface area contributed by atoms with Crippen molar-refractivity contribution in [3.8, 4) is 11.1 Å². The monoisotopic (exact) mass is 480 g/mol. The van der Waals surface area contributed by atoms with Crippen LogP contribution in [0.2, 0.25) is 0 Å². The summed E-state index contributed by atoms with van der Waals surface area (Å²) in [5.41, 5.74) is 4.61. The van der Waals surface area contributed by atoms with Gasteiger partial charge >= 0.3 is 12.1 Å². The second-order valence-corrected chi connectivity index (χ2v) is 9.07. The molecular formula is C27H32N2O6. The van der Waals surface area contributed by atoms with Crippen LogP contribution in [0.5, 0.6) is 0 Å². The summed E-state index contributed by atoms with van der Waals surface area (Å²) < 4.78 is 11.1. The number of nitrogens with one attached hydrogen (secondary N) is 1. The minimum atomic E-state index is -0.952. The third-order valence-corrected chi connectivity index (χ3v) is 6.68. The minimum Gasteiger partial charge on any atom is -0.481 e. The number of amides is 2. The second-order valence-electron chi connectivity index (χ2n) is 9.07. The standard InChI is InChI=1S/C27H32N2O6/c1-2-7-18(26(32)29-12-13-34-19(16-29)14-25(30)31)15-28-27(33)35-17-24-22-10-5-3-8-20(22)21-9-4-6-11-23(21)24/h3-6,8-11,18-19,24H,2,7,12-17H2,1H3,(H,28,33)(H,30,31). The molecule has 2 unspecified atom stereocenters. The highest BCUT2D eigenvalue weighted by atomic mass is 16.5. The Labute approximate surface area is 205 Å². The zero-order chi connectivity index (χ0) is 24.8. The maximum Gasteiger partial charge on any atom is 0.407 e. The number of aliphatic carboxylic acids is 1. The highest BCUT2D eigenvalue weighted by Crippen LogP contribution is 2.44. The molecule has 1 saturated heterocycles. The van der Waals surface area contributed by atoms with E-state index in [0.717, 1.165) is 28.7 Å². The van der Waals surface area contributed by atoms with Crippen molar-refractivity contribution in [2.45, 2.75) is 38.2 Å². The number of fused-ring (bicyclic) bond motifs is 3. The molecule has 1 aliphatic carbocycles. The first-order valence-electron chi connectivity index (χ1n) is 12.2. The van der Waals surface area contributed by atoms with Crippen molar-refractivity contribution in [1.29, 1.82) is 0 Å². The van der Waals surface area contributed by atoms with Crippen LogP contribution in [0.1, 0.15) is 43.2 Å². The van der Waals surface area contributed by atoms with Gasteiger partial charge in [0.15, 0.2) is 0 Å². The Balaban J connectivity index is 1.32. The molecule has 35 heavy (non-hydrogen) atoms. The van der Waals surface area contributed by atoms with Gasteiger partial charge in [0.05, 0.1) is 25.0 Å². The van der Waals surface area contributed by atoms with Crippen LogP contribution >= 0.6 is 0 Å². The lowest BCUT2D eigenvalue weighted by atomic mass is 9.98. The number of carbonyl (C=O) groups excluding carboxylic acids is 2. The van der Waals surface area contributed by atoms with Gasteiger partial charge in [-0.3, -0.25) is 9.59 Å². The second kappa shape index (κ2) is 11.4. The average molecular weight is 481 g/mol. The van der Waals surface area contributed by atoms with E-state index in [1.165, 1.54) is 0 Å². The van der Waals surface area contributed by atoms with Crippen LogP contribution in [0.3, 0.4) is 0 Å². The molecule has 2 atom stereocenters. The van der Waals surface area contributed by atoms with E-state index in [-0.39, 0.29) is 37.9 Å². The van der Waals surface area contributed by atoms with Gasteiger partial charge in [-0.05, 0) is 28.7 Å². The fourth-order valence-corrected chi connectivity index (χ4v) is 5.01. The van der Waals surface area contributed by atoms with Gasteiger partial charge in [0.25, 0.3) is 0 Å². The number of carboxylic acids is 1. The lowest BCUT2D eigenvalue weighted by molar-refractivity contribution is -0.149. The normalized spacial score (nSPS) is 17.9. The largest absolute Gasteiger partial charge is 0.481 e. The number of ether oxygens (including phenoxy) is 2. The fraction of sp³-hybridized carbons (Fsp3) is 0.444. The number of hydrogen-bond donors (Lipinski definition) is 2. The summed E-state index contributed by atoms with van der Waals surface area (Å²) in [6.07, 6.45) is 0.198. The van der Waals surface area contributed by atoms with E-state index in [1.807, 2.05) is 31.2 Å². The van der Waals surface area contributed by atoms with Gasteiger partial charge in [-0.1, -0.05) is 61.9 Å². The summed E-state index contributed by atoms with van der Waals surface area (Å²) in [5.74, 6) is -1.47. The molecule has 1 aliphatic heterocycles. The zero-order valence-corrected chi connectivity index (χ0v) is 19.9. The van der Waals surface area contributed by atoms with Gasteiger partial charge in [0.2, 0.25) is 5.91 Å². The molecule has 8 heteroatoms. The number of morpholine rings is 1. The third-order valence-electron chi connectivity index (χ3n) is 6.68. The molecule has 0 bridgehead atoms. The third kappa shape index (κ3) is 5.82. The summed E-state index contributed by atoms with van der Waals surface area (Å²) in [5, 5.41) is 11.8. The Hall–Kier alpha value is -3.39. The van der Waals surface area contributed by atoms with Gasteiger partial charge in [-0.15, -0.1) is 0 Å². The number of alkyl carbamates (subject to hydrolysis) is 1. The number of carbonyl (C=O) groups is 3. The Morgan fingerprint density at radius 1 is 1.11 bits per heavy atom. The van der Waals surface area contributed by atoms with E-state index < -0.39 is 24.1 Å². The quantitative estimate of drug-likeness (QED) is 0.568. The molecule has 2 N–H and O–H groups in total. The highest BCUT2D eigenvalue weighted by Gasteiger charge is 2.31. The smallest absolute Gasteiger partial charge is 0.407 e. The van der Waals surface area contributed by atoms with Crippen LogP contribution < -0.4 is 5.32 Å². The van der Waals surface area contributed by atoms with E-state index in [1.54, 1.807) is 4.90 Å². The predicted molar refractivity (Wildman–Crippen MR) is 130 cm³/mol. The number of hydrogen-bond acceptors (Lipinski definition) is 5. The molecule has 4 rings (SSSR count). The van der Waals surface area contributed by atoms with E-state index in [4.69, 9.17) is 14.6 Å². The van der Waals surface area contributed by atoms with Crippen LogP contribution in [0.25, 0.3) is 11.1 Å². The maximum absolute atomic E-state index is 13.1. The summed E-state index contributed by atoms with van der Waals surface area (Å²) in [6.45, 7) is 3.34. The van der Waals surface area contributed by atoms with Gasteiger partial charge in [-0.2, -0.15) is 0 Å². The van der Waals surface area contributed by atoms with Crippen molar-refractivity contribution >= 4 is 18.0 Å². The van der Waals surface area contributed by atoms with Crippen molar-refractivity contribution in [2.75, 3.05) is 32.8 Å². The number of benzene rings is 2. The van der Waals surface area contributed by atoms with Crippen LogP contribution in [0.4, 0.5) is 4.79 Å². The van der Waals surface area contributed by atoms with Gasteiger partial charge in [-0.25, -0.2) is 4.79 Å². The summed E-state index contributed by atoms with van der Waals surface area (Å²) in [7, 11) is 0. The van der Waals surface area contributed by atoms with Crippen LogP contribution in [-0.2, 0) is 19.1 Å². The molecule has 2 aromatic carbocycles. The Kier molecular flexibility index (Phi) is 8.02. The molecule has 2 aliphatic rings. The summed E-state index contributed by atoms with van der Waals surface area (Å²) in [4.78, 5) is 38.3. The lowest BCUT2D eigenvalue weighted by Crippen LogP contribution is -2.50. The molecule has 1 fully saturated rings. The van der Waals surface area contributed by atoms with Crippen LogP contribution in [-0.4, -0.2) is 66.9 Å². The first-order valence-corrected chi connectivity index (χ1v) is 12.2. The molecule has 8 nitrogen and oxygen atoms in total. The molecule has 0 saturated carbocycles. The van der Waals surface area contributed by atoms with Gasteiger partial charge < -0.3 is 24.8 Å². The molecule has 2 amide bonds. The first kappa shape index (κ1) is 24.7. The van der Waals surface area contributed by atoms with Crippen molar-refractivity contribution in [3.05, 3.63) is 59.7 Å². The fourth-order valence-electron chi connectivity index (χ4n) is 5.01. The number of rotatable bonds is 9. The Morgan fingerprint density at radius 3 is 2.40 bits per heavy atom. The Bertz CT molecular complexity index is 1030. The molecular weight excluding hydrogens is 448 g/mol.